The minimum absolute atomic E-state index is 0.0408. The summed E-state index contributed by atoms with van der Waals surface area (Å²) in [5, 5.41) is 15.8. The van der Waals surface area contributed by atoms with Crippen molar-refractivity contribution in [2.45, 2.75) is 19.0 Å². The molecule has 2 fully saturated rings. The van der Waals surface area contributed by atoms with Crippen LogP contribution in [-0.2, 0) is 18.0 Å². The predicted octanol–water partition coefficient (Wildman–Crippen LogP) is 2.66. The van der Waals surface area contributed by atoms with Gasteiger partial charge in [0.2, 0.25) is 5.91 Å². The molecular weight excluding hydrogens is 461 g/mol. The average molecular weight is 489 g/mol. The minimum atomic E-state index is -4.60. The number of carbonyl (C=O) groups excluding carboxylic acids is 2. The van der Waals surface area contributed by atoms with E-state index in [4.69, 9.17) is 5.26 Å². The van der Waals surface area contributed by atoms with Gasteiger partial charge in [0.25, 0.3) is 5.91 Å². The fourth-order valence-electron chi connectivity index (χ4n) is 5.33. The maximum atomic E-state index is 13.4. The Morgan fingerprint density at radius 1 is 1.17 bits per heavy atom. The number of rotatable bonds is 4. The molecule has 11 heteroatoms. The lowest BCUT2D eigenvalue weighted by molar-refractivity contribution is -0.137. The Hall–Kier alpha value is -3.55. The number of likely N-dealkylation sites (tertiary alicyclic amines) is 1. The number of anilines is 1. The molecule has 8 nitrogen and oxygen atoms in total. The molecular formula is C24H27F3N6O2. The van der Waals surface area contributed by atoms with Crippen LogP contribution in [0, 0.1) is 29.1 Å². The molecule has 0 unspecified atom stereocenters. The summed E-state index contributed by atoms with van der Waals surface area (Å²) in [7, 11) is 3.27. The maximum absolute atomic E-state index is 13.4. The number of alkyl halides is 3. The second kappa shape index (κ2) is 9.60. The number of nitriles is 1. The van der Waals surface area contributed by atoms with Crippen molar-refractivity contribution < 1.29 is 22.8 Å². The highest BCUT2D eigenvalue weighted by molar-refractivity contribution is 5.93. The molecule has 3 heterocycles. The van der Waals surface area contributed by atoms with E-state index in [0.29, 0.717) is 50.4 Å². The van der Waals surface area contributed by atoms with Crippen molar-refractivity contribution in [3.05, 3.63) is 47.3 Å². The first kappa shape index (κ1) is 24.6. The molecule has 186 valence electrons. The Labute approximate surface area is 201 Å². The number of nitrogens with zero attached hydrogens (tertiary/aromatic N) is 5. The number of amides is 2. The largest absolute Gasteiger partial charge is 0.417 e. The van der Waals surface area contributed by atoms with E-state index in [1.165, 1.54) is 10.7 Å². The number of nitrogens with one attached hydrogen (secondary N) is 1. The molecule has 1 N–H and O–H groups in total. The van der Waals surface area contributed by atoms with Crippen molar-refractivity contribution in [2.75, 3.05) is 38.1 Å². The summed E-state index contributed by atoms with van der Waals surface area (Å²) in [6.07, 6.45) is -1.67. The molecule has 35 heavy (non-hydrogen) atoms. The van der Waals surface area contributed by atoms with Gasteiger partial charge in [0.05, 0.1) is 23.1 Å². The number of aryl methyl sites for hydroxylation is 1. The van der Waals surface area contributed by atoms with Crippen LogP contribution in [0.1, 0.15) is 34.5 Å². The minimum Gasteiger partial charge on any atom is -0.372 e. The fraction of sp³-hybridized carbons (Fsp3) is 0.500. The van der Waals surface area contributed by atoms with Gasteiger partial charge in [-0.3, -0.25) is 14.3 Å². The fourth-order valence-corrected chi connectivity index (χ4v) is 5.33. The lowest BCUT2D eigenvalue weighted by Crippen LogP contribution is -2.41. The third-order valence-corrected chi connectivity index (χ3v) is 7.21. The Bertz CT molecular complexity index is 1150. The van der Waals surface area contributed by atoms with Crippen LogP contribution in [-0.4, -0.2) is 59.7 Å². The summed E-state index contributed by atoms with van der Waals surface area (Å²) in [5.74, 6) is -0.518. The van der Waals surface area contributed by atoms with E-state index in [1.54, 1.807) is 43.4 Å². The number of aromatic nitrogens is 2. The van der Waals surface area contributed by atoms with Crippen LogP contribution in [0.25, 0.3) is 0 Å². The monoisotopic (exact) mass is 488 g/mol. The molecule has 0 saturated carbocycles. The van der Waals surface area contributed by atoms with Crippen molar-refractivity contribution in [3.8, 4) is 6.07 Å². The third kappa shape index (κ3) is 4.83. The van der Waals surface area contributed by atoms with Gasteiger partial charge in [0.1, 0.15) is 5.69 Å². The van der Waals surface area contributed by atoms with Crippen LogP contribution in [0.4, 0.5) is 18.9 Å². The molecule has 2 saturated heterocycles. The van der Waals surface area contributed by atoms with Gasteiger partial charge in [-0.05, 0) is 48.9 Å². The van der Waals surface area contributed by atoms with Crippen molar-refractivity contribution >= 4 is 17.5 Å². The van der Waals surface area contributed by atoms with Crippen molar-refractivity contribution in [3.63, 3.8) is 0 Å². The highest BCUT2D eigenvalue weighted by atomic mass is 19.4. The van der Waals surface area contributed by atoms with E-state index in [-0.39, 0.29) is 29.6 Å². The van der Waals surface area contributed by atoms with Gasteiger partial charge in [-0.2, -0.15) is 23.5 Å². The highest BCUT2D eigenvalue weighted by Gasteiger charge is 2.44. The Morgan fingerprint density at radius 2 is 1.89 bits per heavy atom. The number of halogens is 3. The Morgan fingerprint density at radius 3 is 2.46 bits per heavy atom. The summed E-state index contributed by atoms with van der Waals surface area (Å²) in [6, 6.07) is 7.06. The van der Waals surface area contributed by atoms with Crippen molar-refractivity contribution in [1.29, 1.82) is 5.26 Å². The van der Waals surface area contributed by atoms with E-state index in [9.17, 15) is 22.8 Å². The lowest BCUT2D eigenvalue weighted by Gasteiger charge is -2.37. The molecule has 1 aromatic carbocycles. The Kier molecular flexibility index (Phi) is 6.74. The Balaban J connectivity index is 1.48. The number of carbonyl (C=O) groups is 2. The van der Waals surface area contributed by atoms with Gasteiger partial charge in [0, 0.05) is 52.2 Å². The molecule has 2 atom stereocenters. The highest BCUT2D eigenvalue weighted by Crippen LogP contribution is 2.39. The van der Waals surface area contributed by atoms with Crippen LogP contribution < -0.4 is 10.2 Å². The number of hydrogen-bond donors (Lipinski definition) is 1. The zero-order valence-corrected chi connectivity index (χ0v) is 19.5. The topological polar surface area (TPSA) is 94.3 Å². The van der Waals surface area contributed by atoms with E-state index in [2.05, 4.69) is 10.4 Å². The second-order valence-corrected chi connectivity index (χ2v) is 9.10. The predicted molar refractivity (Wildman–Crippen MR) is 121 cm³/mol. The zero-order valence-electron chi connectivity index (χ0n) is 19.5. The lowest BCUT2D eigenvalue weighted by atomic mass is 9.78. The molecule has 2 amide bonds. The second-order valence-electron chi connectivity index (χ2n) is 9.10. The van der Waals surface area contributed by atoms with Crippen molar-refractivity contribution in [2.24, 2.45) is 24.8 Å². The van der Waals surface area contributed by atoms with Crippen LogP contribution in [0.5, 0.6) is 0 Å². The summed E-state index contributed by atoms with van der Waals surface area (Å²) < 4.78 is 41.7. The van der Waals surface area contributed by atoms with Crippen LogP contribution >= 0.6 is 0 Å². The van der Waals surface area contributed by atoms with Gasteiger partial charge in [-0.1, -0.05) is 0 Å². The first-order valence-electron chi connectivity index (χ1n) is 11.5. The average Bonchev–Trinajstić information content (AvgIpc) is 3.49. The van der Waals surface area contributed by atoms with Crippen LogP contribution in [0.3, 0.4) is 0 Å². The summed E-state index contributed by atoms with van der Waals surface area (Å²) in [5.41, 5.74) is -0.442. The van der Waals surface area contributed by atoms with Gasteiger partial charge < -0.3 is 15.1 Å². The molecule has 2 aliphatic rings. The maximum Gasteiger partial charge on any atom is 0.417 e. The molecule has 0 radical (unpaired) electrons. The molecule has 0 bridgehead atoms. The molecule has 0 aliphatic carbocycles. The van der Waals surface area contributed by atoms with Gasteiger partial charge in [-0.15, -0.1) is 0 Å². The third-order valence-electron chi connectivity index (χ3n) is 7.21. The summed E-state index contributed by atoms with van der Waals surface area (Å²) >= 11 is 0. The van der Waals surface area contributed by atoms with Gasteiger partial charge in [0.15, 0.2) is 0 Å². The van der Waals surface area contributed by atoms with Crippen LogP contribution in [0.2, 0.25) is 0 Å². The van der Waals surface area contributed by atoms with E-state index in [1.807, 2.05) is 4.90 Å². The summed E-state index contributed by atoms with van der Waals surface area (Å²) in [6.45, 7) is 1.82. The van der Waals surface area contributed by atoms with E-state index >= 15 is 0 Å². The number of benzene rings is 1. The standard InChI is InChI=1S/C24H27F3N6O2/c1-29-22(34)19-14-33(23(35)21-5-8-30-31(21)2)13-18(19)15-6-9-32(10-7-15)17-4-3-16(12-28)20(11-17)24(25,26)27/h3-5,8,11,15,18-19H,6-7,9-10,13-14H2,1-2H3,(H,29,34)/t18-,19+/m0/s1. The first-order valence-corrected chi connectivity index (χ1v) is 11.5. The van der Waals surface area contributed by atoms with Gasteiger partial charge >= 0.3 is 6.18 Å². The van der Waals surface area contributed by atoms with Gasteiger partial charge in [-0.25, -0.2) is 0 Å². The van der Waals surface area contributed by atoms with E-state index in [0.717, 1.165) is 6.07 Å². The number of hydrogen-bond acceptors (Lipinski definition) is 5. The SMILES string of the molecule is CNC(=O)[C@@H]1CN(C(=O)c2ccnn2C)C[C@H]1C1CCN(c2ccc(C#N)c(C(F)(F)F)c2)CC1. The molecule has 2 aromatic rings. The molecule has 0 spiro atoms. The zero-order chi connectivity index (χ0) is 25.3. The summed E-state index contributed by atoms with van der Waals surface area (Å²) in [4.78, 5) is 29.3. The van der Waals surface area contributed by atoms with E-state index < -0.39 is 17.3 Å². The normalized spacial score (nSPS) is 21.1. The smallest absolute Gasteiger partial charge is 0.372 e. The van der Waals surface area contributed by atoms with Crippen molar-refractivity contribution in [1.82, 2.24) is 20.0 Å². The quantitative estimate of drug-likeness (QED) is 0.714. The molecule has 1 aromatic heterocycles. The molecule has 4 rings (SSSR count). The number of piperidine rings is 1. The molecule has 2 aliphatic heterocycles. The van der Waals surface area contributed by atoms with Crippen LogP contribution in [0.15, 0.2) is 30.5 Å². The first-order chi connectivity index (χ1) is 16.6.